The Morgan fingerprint density at radius 1 is 1.17 bits per heavy atom. The standard InChI is InChI=1S/C12H11N3O3/c1-17-12(16)8-2-9(13)4-10(3-8)18-11-5-14-7-15-6-11/h2-7H,13H2,1H3. The molecular formula is C12H11N3O3. The number of hydrogen-bond donors (Lipinski definition) is 1. The average Bonchev–Trinajstić information content (AvgIpc) is 2.38. The lowest BCUT2D eigenvalue weighted by Gasteiger charge is -2.07. The summed E-state index contributed by atoms with van der Waals surface area (Å²) in [6.07, 6.45) is 4.41. The number of aromatic nitrogens is 2. The minimum atomic E-state index is -0.475. The predicted octanol–water partition coefficient (Wildman–Crippen LogP) is 1.64. The van der Waals surface area contributed by atoms with Crippen molar-refractivity contribution in [3.63, 3.8) is 0 Å². The Kier molecular flexibility index (Phi) is 3.38. The van der Waals surface area contributed by atoms with E-state index in [4.69, 9.17) is 10.5 Å². The maximum absolute atomic E-state index is 11.4. The van der Waals surface area contributed by atoms with E-state index in [9.17, 15) is 4.79 Å². The van der Waals surface area contributed by atoms with Crippen LogP contribution < -0.4 is 10.5 Å². The first kappa shape index (κ1) is 11.8. The number of rotatable bonds is 3. The molecule has 0 saturated heterocycles. The third kappa shape index (κ3) is 2.73. The van der Waals surface area contributed by atoms with Gasteiger partial charge in [0.05, 0.1) is 25.1 Å². The minimum absolute atomic E-state index is 0.323. The van der Waals surface area contributed by atoms with Crippen LogP contribution in [-0.2, 0) is 4.74 Å². The first-order valence-electron chi connectivity index (χ1n) is 5.11. The average molecular weight is 245 g/mol. The number of nitrogens with zero attached hydrogens (tertiary/aromatic N) is 2. The van der Waals surface area contributed by atoms with Crippen molar-refractivity contribution in [2.75, 3.05) is 12.8 Å². The number of carbonyl (C=O) groups excluding carboxylic acids is 1. The molecule has 0 aliphatic rings. The van der Waals surface area contributed by atoms with Crippen molar-refractivity contribution < 1.29 is 14.3 Å². The van der Waals surface area contributed by atoms with Gasteiger partial charge < -0.3 is 15.2 Å². The lowest BCUT2D eigenvalue weighted by molar-refractivity contribution is 0.0600. The molecule has 1 aromatic heterocycles. The summed E-state index contributed by atoms with van der Waals surface area (Å²) < 4.78 is 10.1. The van der Waals surface area contributed by atoms with E-state index in [0.29, 0.717) is 22.7 Å². The molecule has 0 unspecified atom stereocenters. The maximum atomic E-state index is 11.4. The van der Waals surface area contributed by atoms with E-state index in [1.807, 2.05) is 0 Å². The summed E-state index contributed by atoms with van der Waals surface area (Å²) in [5.41, 5.74) is 6.42. The van der Waals surface area contributed by atoms with Crippen LogP contribution in [0.25, 0.3) is 0 Å². The van der Waals surface area contributed by atoms with Gasteiger partial charge in [-0.15, -0.1) is 0 Å². The van der Waals surface area contributed by atoms with Crippen molar-refractivity contribution in [2.45, 2.75) is 0 Å². The molecular weight excluding hydrogens is 234 g/mol. The molecule has 0 fully saturated rings. The van der Waals surface area contributed by atoms with E-state index < -0.39 is 5.97 Å². The van der Waals surface area contributed by atoms with Crippen LogP contribution in [0.5, 0.6) is 11.5 Å². The Balaban J connectivity index is 2.28. The highest BCUT2D eigenvalue weighted by molar-refractivity contribution is 5.91. The van der Waals surface area contributed by atoms with Crippen LogP contribution >= 0.6 is 0 Å². The third-order valence-electron chi connectivity index (χ3n) is 2.12. The quantitative estimate of drug-likeness (QED) is 0.653. The maximum Gasteiger partial charge on any atom is 0.338 e. The minimum Gasteiger partial charge on any atom is -0.465 e. The van der Waals surface area contributed by atoms with Crippen molar-refractivity contribution in [2.24, 2.45) is 0 Å². The normalized spacial score (nSPS) is 9.83. The Hall–Kier alpha value is -2.63. The molecule has 0 aliphatic carbocycles. The molecule has 0 aliphatic heterocycles. The third-order valence-corrected chi connectivity index (χ3v) is 2.12. The van der Waals surface area contributed by atoms with E-state index in [-0.39, 0.29) is 0 Å². The first-order valence-corrected chi connectivity index (χ1v) is 5.11. The molecule has 1 aromatic carbocycles. The largest absolute Gasteiger partial charge is 0.465 e. The Morgan fingerprint density at radius 2 is 1.89 bits per heavy atom. The zero-order valence-electron chi connectivity index (χ0n) is 9.66. The van der Waals surface area contributed by atoms with Gasteiger partial charge in [0.15, 0.2) is 5.75 Å². The summed E-state index contributed by atoms with van der Waals surface area (Å²) in [5, 5.41) is 0. The summed E-state index contributed by atoms with van der Waals surface area (Å²) in [6.45, 7) is 0. The number of nitrogens with two attached hydrogens (primary N) is 1. The number of benzene rings is 1. The smallest absolute Gasteiger partial charge is 0.338 e. The number of anilines is 1. The lowest BCUT2D eigenvalue weighted by Crippen LogP contribution is -2.02. The van der Waals surface area contributed by atoms with Gasteiger partial charge in [0.25, 0.3) is 0 Å². The molecule has 18 heavy (non-hydrogen) atoms. The van der Waals surface area contributed by atoms with E-state index in [2.05, 4.69) is 14.7 Å². The highest BCUT2D eigenvalue weighted by atomic mass is 16.5. The van der Waals surface area contributed by atoms with Crippen molar-refractivity contribution in [1.82, 2.24) is 9.97 Å². The molecule has 2 N–H and O–H groups in total. The molecule has 0 spiro atoms. The van der Waals surface area contributed by atoms with E-state index in [0.717, 1.165) is 0 Å². The van der Waals surface area contributed by atoms with Crippen LogP contribution in [0.2, 0.25) is 0 Å². The number of carbonyl (C=O) groups is 1. The van der Waals surface area contributed by atoms with Crippen LogP contribution in [0.3, 0.4) is 0 Å². The van der Waals surface area contributed by atoms with Crippen molar-refractivity contribution in [3.8, 4) is 11.5 Å². The van der Waals surface area contributed by atoms with Crippen molar-refractivity contribution in [1.29, 1.82) is 0 Å². The second kappa shape index (κ2) is 5.13. The highest BCUT2D eigenvalue weighted by Gasteiger charge is 2.09. The first-order chi connectivity index (χ1) is 8.69. The lowest BCUT2D eigenvalue weighted by atomic mass is 10.2. The number of esters is 1. The fourth-order valence-corrected chi connectivity index (χ4v) is 1.39. The molecule has 6 nitrogen and oxygen atoms in total. The summed E-state index contributed by atoms with van der Waals surface area (Å²) >= 11 is 0. The molecule has 0 atom stereocenters. The van der Waals surface area contributed by atoms with Crippen molar-refractivity contribution in [3.05, 3.63) is 42.5 Å². The molecule has 2 rings (SSSR count). The number of ether oxygens (including phenoxy) is 2. The second-order valence-electron chi connectivity index (χ2n) is 3.46. The number of nitrogen functional groups attached to an aromatic ring is 1. The van der Waals surface area contributed by atoms with Gasteiger partial charge in [-0.1, -0.05) is 0 Å². The van der Waals surface area contributed by atoms with Gasteiger partial charge in [0.2, 0.25) is 0 Å². The van der Waals surface area contributed by atoms with Gasteiger partial charge >= 0.3 is 5.97 Å². The summed E-state index contributed by atoms with van der Waals surface area (Å²) in [7, 11) is 1.30. The topological polar surface area (TPSA) is 87.3 Å². The van der Waals surface area contributed by atoms with Gasteiger partial charge in [-0.05, 0) is 12.1 Å². The summed E-state index contributed by atoms with van der Waals surface area (Å²) in [5.74, 6) is 0.403. The number of hydrogen-bond acceptors (Lipinski definition) is 6. The van der Waals surface area contributed by atoms with Crippen LogP contribution in [0.15, 0.2) is 36.9 Å². The molecule has 2 aromatic rings. The van der Waals surface area contributed by atoms with Gasteiger partial charge in [0, 0.05) is 11.8 Å². The van der Waals surface area contributed by atoms with Gasteiger partial charge in [-0.25, -0.2) is 14.8 Å². The second-order valence-corrected chi connectivity index (χ2v) is 3.46. The Morgan fingerprint density at radius 3 is 2.56 bits per heavy atom. The predicted molar refractivity (Wildman–Crippen MR) is 64.3 cm³/mol. The SMILES string of the molecule is COC(=O)c1cc(N)cc(Oc2cncnc2)c1. The molecule has 0 amide bonds. The molecule has 0 bridgehead atoms. The van der Waals surface area contributed by atoms with Crippen LogP contribution in [0.4, 0.5) is 5.69 Å². The van der Waals surface area contributed by atoms with E-state index in [1.165, 1.54) is 38.0 Å². The molecule has 6 heteroatoms. The van der Waals surface area contributed by atoms with Crippen LogP contribution in [0.1, 0.15) is 10.4 Å². The number of methoxy groups -OCH3 is 1. The van der Waals surface area contributed by atoms with Gasteiger partial charge in [-0.3, -0.25) is 0 Å². The highest BCUT2D eigenvalue weighted by Crippen LogP contribution is 2.24. The molecule has 92 valence electrons. The van der Waals surface area contributed by atoms with Crippen LogP contribution in [0, 0.1) is 0 Å². The Labute approximate surface area is 103 Å². The molecule has 0 radical (unpaired) electrons. The van der Waals surface area contributed by atoms with Gasteiger partial charge in [0.1, 0.15) is 12.1 Å². The molecule has 0 saturated carbocycles. The monoisotopic (exact) mass is 245 g/mol. The van der Waals surface area contributed by atoms with E-state index >= 15 is 0 Å². The zero-order chi connectivity index (χ0) is 13.0. The zero-order valence-corrected chi connectivity index (χ0v) is 9.66. The van der Waals surface area contributed by atoms with Crippen LogP contribution in [-0.4, -0.2) is 23.0 Å². The summed E-state index contributed by atoms with van der Waals surface area (Å²) in [4.78, 5) is 19.0. The fraction of sp³-hybridized carbons (Fsp3) is 0.0833. The Bertz CT molecular complexity index is 558. The van der Waals surface area contributed by atoms with E-state index in [1.54, 1.807) is 6.07 Å². The van der Waals surface area contributed by atoms with Crippen molar-refractivity contribution >= 4 is 11.7 Å². The molecule has 1 heterocycles. The van der Waals surface area contributed by atoms with Gasteiger partial charge in [-0.2, -0.15) is 0 Å². The fourth-order valence-electron chi connectivity index (χ4n) is 1.39. The summed E-state index contributed by atoms with van der Waals surface area (Å²) in [6, 6.07) is 4.65.